The second kappa shape index (κ2) is 11.7. The summed E-state index contributed by atoms with van der Waals surface area (Å²) >= 11 is 1.69. The molecule has 0 spiro atoms. The highest BCUT2D eigenvalue weighted by Crippen LogP contribution is 2.28. The van der Waals surface area contributed by atoms with Gasteiger partial charge in [-0.05, 0) is 49.7 Å². The average Bonchev–Trinajstić information content (AvgIpc) is 3.18. The van der Waals surface area contributed by atoms with Gasteiger partial charge in [0.1, 0.15) is 6.29 Å². The van der Waals surface area contributed by atoms with Crippen molar-refractivity contribution in [1.82, 2.24) is 4.98 Å². The predicted molar refractivity (Wildman–Crippen MR) is 126 cm³/mol. The number of aldehydes is 1. The molecule has 1 aromatic heterocycles. The smallest absolute Gasteiger partial charge is 0.183 e. The van der Waals surface area contributed by atoms with Crippen LogP contribution in [0.3, 0.4) is 0 Å². The van der Waals surface area contributed by atoms with Gasteiger partial charge in [-0.15, -0.1) is 0 Å². The van der Waals surface area contributed by atoms with Crippen LogP contribution in [0.25, 0.3) is 10.2 Å². The van der Waals surface area contributed by atoms with Crippen LogP contribution in [0.5, 0.6) is 0 Å². The molecule has 0 radical (unpaired) electrons. The molecule has 0 fully saturated rings. The van der Waals surface area contributed by atoms with E-state index in [0.717, 1.165) is 40.5 Å². The molecule has 1 N–H and O–H groups in total. The van der Waals surface area contributed by atoms with E-state index in [4.69, 9.17) is 0 Å². The van der Waals surface area contributed by atoms with Crippen molar-refractivity contribution in [1.29, 1.82) is 0 Å². The van der Waals surface area contributed by atoms with Crippen molar-refractivity contribution in [2.24, 2.45) is 0 Å². The Morgan fingerprint density at radius 1 is 1.10 bits per heavy atom. The summed E-state index contributed by atoms with van der Waals surface area (Å²) in [6.07, 6.45) is 1.30. The Balaban J connectivity index is 0.000000212. The van der Waals surface area contributed by atoms with Gasteiger partial charge in [0.25, 0.3) is 0 Å². The summed E-state index contributed by atoms with van der Waals surface area (Å²) in [5.41, 5.74) is 3.30. The lowest BCUT2D eigenvalue weighted by Crippen LogP contribution is -2.21. The SMILES string of the molecule is CCN(CC)c1ccc2sc(NC)nc2c1.CCS(=O)c1ccc(CC=O)cc1. The van der Waals surface area contributed by atoms with Crippen LogP contribution in [0.15, 0.2) is 47.4 Å². The third-order valence-corrected chi connectivity index (χ3v) is 6.86. The topological polar surface area (TPSA) is 62.3 Å². The van der Waals surface area contributed by atoms with Crippen molar-refractivity contribution in [3.63, 3.8) is 0 Å². The van der Waals surface area contributed by atoms with Crippen molar-refractivity contribution in [2.45, 2.75) is 32.1 Å². The van der Waals surface area contributed by atoms with Gasteiger partial charge < -0.3 is 15.0 Å². The standard InChI is InChI=1S/C12H17N3S.C10H12O2S/c1-4-15(5-2)9-6-7-11-10(8-9)14-12(13-3)16-11;1-2-13(12)10-5-3-9(4-6-10)7-8-11/h6-8H,4-5H2,1-3H3,(H,13,14);3-6,8H,2,7H2,1H3. The molecule has 7 heteroatoms. The highest BCUT2D eigenvalue weighted by atomic mass is 32.2. The van der Waals surface area contributed by atoms with E-state index in [2.05, 4.69) is 47.2 Å². The number of rotatable bonds is 8. The van der Waals surface area contributed by atoms with Crippen LogP contribution in [0, 0.1) is 0 Å². The number of fused-ring (bicyclic) bond motifs is 1. The maximum atomic E-state index is 11.3. The van der Waals surface area contributed by atoms with Crippen LogP contribution >= 0.6 is 11.3 Å². The molecule has 0 saturated carbocycles. The molecule has 29 heavy (non-hydrogen) atoms. The second-order valence-corrected chi connectivity index (χ2v) is 9.01. The maximum Gasteiger partial charge on any atom is 0.183 e. The zero-order valence-electron chi connectivity index (χ0n) is 17.5. The molecule has 0 saturated heterocycles. The number of nitrogens with zero attached hydrogens (tertiary/aromatic N) is 2. The van der Waals surface area contributed by atoms with E-state index in [1.165, 1.54) is 10.4 Å². The summed E-state index contributed by atoms with van der Waals surface area (Å²) in [6, 6.07) is 13.8. The molecule has 1 unspecified atom stereocenters. The number of hydrogen-bond acceptors (Lipinski definition) is 6. The number of anilines is 2. The fraction of sp³-hybridized carbons (Fsp3) is 0.364. The molecule has 3 rings (SSSR count). The lowest BCUT2D eigenvalue weighted by molar-refractivity contribution is -0.107. The summed E-state index contributed by atoms with van der Waals surface area (Å²) in [5.74, 6) is 0.632. The lowest BCUT2D eigenvalue weighted by atomic mass is 10.2. The van der Waals surface area contributed by atoms with E-state index in [0.29, 0.717) is 12.2 Å². The molecule has 3 aromatic rings. The van der Waals surface area contributed by atoms with Crippen LogP contribution in [-0.4, -0.2) is 41.4 Å². The fourth-order valence-corrected chi connectivity index (χ4v) is 4.42. The molecule has 5 nitrogen and oxygen atoms in total. The van der Waals surface area contributed by atoms with Crippen LogP contribution in [0.4, 0.5) is 10.8 Å². The quantitative estimate of drug-likeness (QED) is 0.522. The van der Waals surface area contributed by atoms with Gasteiger partial charge in [0.2, 0.25) is 0 Å². The molecule has 0 aliphatic heterocycles. The Labute approximate surface area is 179 Å². The molecule has 0 bridgehead atoms. The van der Waals surface area contributed by atoms with Crippen molar-refractivity contribution < 1.29 is 9.00 Å². The van der Waals surface area contributed by atoms with E-state index in [-0.39, 0.29) is 0 Å². The molecule has 156 valence electrons. The maximum absolute atomic E-state index is 11.3. The third-order valence-electron chi connectivity index (χ3n) is 4.48. The number of benzene rings is 2. The van der Waals surface area contributed by atoms with Gasteiger partial charge in [0, 0.05) is 42.9 Å². The molecular formula is C22H29N3O2S2. The predicted octanol–water partition coefficient (Wildman–Crippen LogP) is 4.74. The summed E-state index contributed by atoms with van der Waals surface area (Å²) in [5, 5.41) is 4.07. The van der Waals surface area contributed by atoms with Gasteiger partial charge in [-0.2, -0.15) is 0 Å². The molecule has 0 aliphatic rings. The Hall–Kier alpha value is -2.25. The van der Waals surface area contributed by atoms with Crippen molar-refractivity contribution >= 4 is 49.5 Å². The normalized spacial score (nSPS) is 11.4. The first-order valence-corrected chi connectivity index (χ1v) is 11.9. The Kier molecular flexibility index (Phi) is 9.28. The van der Waals surface area contributed by atoms with Crippen molar-refractivity contribution in [3.05, 3.63) is 48.0 Å². The Morgan fingerprint density at radius 3 is 2.34 bits per heavy atom. The van der Waals surface area contributed by atoms with E-state index >= 15 is 0 Å². The highest BCUT2D eigenvalue weighted by Gasteiger charge is 2.06. The Morgan fingerprint density at radius 2 is 1.79 bits per heavy atom. The van der Waals surface area contributed by atoms with Crippen LogP contribution in [0.2, 0.25) is 0 Å². The van der Waals surface area contributed by atoms with Gasteiger partial charge >= 0.3 is 0 Å². The fourth-order valence-electron chi connectivity index (χ4n) is 2.85. The van der Waals surface area contributed by atoms with Crippen molar-refractivity contribution in [3.8, 4) is 0 Å². The molecule has 1 atom stereocenters. The first-order valence-electron chi connectivity index (χ1n) is 9.80. The van der Waals surface area contributed by atoms with Gasteiger partial charge in [-0.3, -0.25) is 4.21 Å². The first-order chi connectivity index (χ1) is 14.1. The number of nitrogens with one attached hydrogen (secondary N) is 1. The zero-order chi connectivity index (χ0) is 21.2. The van der Waals surface area contributed by atoms with Crippen molar-refractivity contribution in [2.75, 3.05) is 36.1 Å². The summed E-state index contributed by atoms with van der Waals surface area (Å²) in [4.78, 5) is 17.9. The number of aromatic nitrogens is 1. The molecule has 0 amide bonds. The second-order valence-electron chi connectivity index (χ2n) is 6.24. The first kappa shape index (κ1) is 23.0. The Bertz CT molecular complexity index is 935. The van der Waals surface area contributed by atoms with Crippen LogP contribution < -0.4 is 10.2 Å². The van der Waals surface area contributed by atoms with Gasteiger partial charge in [0.05, 0.1) is 21.0 Å². The summed E-state index contributed by atoms with van der Waals surface area (Å²) in [6.45, 7) is 8.30. The number of carbonyl (C=O) groups is 1. The molecular weight excluding hydrogens is 402 g/mol. The largest absolute Gasteiger partial charge is 0.372 e. The third kappa shape index (κ3) is 6.37. The van der Waals surface area contributed by atoms with Gasteiger partial charge in [0.15, 0.2) is 5.13 Å². The van der Waals surface area contributed by atoms with E-state index in [1.54, 1.807) is 11.3 Å². The van der Waals surface area contributed by atoms with Gasteiger partial charge in [-0.25, -0.2) is 4.98 Å². The number of hydrogen-bond donors (Lipinski definition) is 1. The van der Waals surface area contributed by atoms with Crippen LogP contribution in [-0.2, 0) is 22.0 Å². The minimum Gasteiger partial charge on any atom is -0.372 e. The van der Waals surface area contributed by atoms with E-state index in [1.807, 2.05) is 38.2 Å². The van der Waals surface area contributed by atoms with Crippen LogP contribution in [0.1, 0.15) is 26.3 Å². The molecule has 0 aliphatic carbocycles. The minimum atomic E-state index is -0.891. The molecule has 2 aromatic carbocycles. The molecule has 1 heterocycles. The zero-order valence-corrected chi connectivity index (χ0v) is 19.1. The number of thiazole rings is 1. The minimum absolute atomic E-state index is 0.430. The van der Waals surface area contributed by atoms with E-state index in [9.17, 15) is 9.00 Å². The average molecular weight is 432 g/mol. The van der Waals surface area contributed by atoms with E-state index < -0.39 is 10.8 Å². The van der Waals surface area contributed by atoms with Gasteiger partial charge in [-0.1, -0.05) is 30.4 Å². The summed E-state index contributed by atoms with van der Waals surface area (Å²) in [7, 11) is 1.01. The summed E-state index contributed by atoms with van der Waals surface area (Å²) < 4.78 is 12.6. The number of carbonyl (C=O) groups excluding carboxylic acids is 1. The monoisotopic (exact) mass is 431 g/mol. The highest BCUT2D eigenvalue weighted by molar-refractivity contribution is 7.85. The lowest BCUT2D eigenvalue weighted by Gasteiger charge is -2.20.